The van der Waals surface area contributed by atoms with Crippen LogP contribution in [0, 0.1) is 5.41 Å². The third-order valence-electron chi connectivity index (χ3n) is 3.60. The standard InChI is InChI=1S/C11H15N5O5/c1-20-7-4(2-17)21-10(6(7)18)16-3-13-5-8(16)14-11(12)15-9(5)19/h3-7,10,17-18H,2H2,1H3,(H2,12,15,19)/t4-,5?,6-,7-,10-/m1/s1. The van der Waals surface area contributed by atoms with Crippen LogP contribution in [0.5, 0.6) is 0 Å². The molecule has 10 nitrogen and oxygen atoms in total. The predicted molar refractivity (Wildman–Crippen MR) is 70.0 cm³/mol. The molecule has 1 fully saturated rings. The molecule has 1 amide bonds. The van der Waals surface area contributed by atoms with Crippen LogP contribution in [0.2, 0.25) is 0 Å². The number of ether oxygens (including phenoxy) is 2. The minimum absolute atomic E-state index is 0.209. The number of carbonyl (C=O) groups excluding carboxylic acids is 1. The third-order valence-corrected chi connectivity index (χ3v) is 3.60. The van der Waals surface area contributed by atoms with Gasteiger partial charge in [-0.05, 0) is 0 Å². The van der Waals surface area contributed by atoms with Crippen LogP contribution >= 0.6 is 0 Å². The van der Waals surface area contributed by atoms with Gasteiger partial charge in [0.15, 0.2) is 18.1 Å². The van der Waals surface area contributed by atoms with Crippen molar-refractivity contribution < 1.29 is 24.5 Å². The first-order chi connectivity index (χ1) is 10.1. The van der Waals surface area contributed by atoms with Gasteiger partial charge < -0.3 is 19.7 Å². The average Bonchev–Trinajstić information content (AvgIpc) is 2.99. The van der Waals surface area contributed by atoms with E-state index < -0.39 is 36.5 Å². The molecule has 3 rings (SSSR count). The fraction of sp³-hybridized carbons (Fsp3) is 0.636. The molecule has 10 heteroatoms. The van der Waals surface area contributed by atoms with Crippen molar-refractivity contribution in [3.05, 3.63) is 0 Å². The summed E-state index contributed by atoms with van der Waals surface area (Å²) in [6, 6.07) is -0.857. The molecular weight excluding hydrogens is 282 g/mol. The van der Waals surface area contributed by atoms with Crippen molar-refractivity contribution in [3.8, 4) is 0 Å². The SMILES string of the molecule is CO[C@H]1[C@@H](O)[C@H](N2C=NC3C(=O)NC(=N)N=C32)O[C@@H]1CO. The molecule has 0 aromatic heterocycles. The first-order valence-corrected chi connectivity index (χ1v) is 6.33. The number of rotatable bonds is 3. The maximum absolute atomic E-state index is 11.7. The molecule has 0 spiro atoms. The summed E-state index contributed by atoms with van der Waals surface area (Å²) >= 11 is 0. The highest BCUT2D eigenvalue weighted by Crippen LogP contribution is 2.28. The quantitative estimate of drug-likeness (QED) is 0.445. The van der Waals surface area contributed by atoms with E-state index in [0.29, 0.717) is 0 Å². The number of aliphatic hydroxyl groups is 2. The van der Waals surface area contributed by atoms with Crippen molar-refractivity contribution in [1.82, 2.24) is 10.2 Å². The van der Waals surface area contributed by atoms with Gasteiger partial charge in [-0.2, -0.15) is 4.99 Å². The molecule has 114 valence electrons. The highest BCUT2D eigenvalue weighted by atomic mass is 16.6. The Balaban J connectivity index is 1.87. The van der Waals surface area contributed by atoms with Crippen LogP contribution in [0.15, 0.2) is 9.98 Å². The highest BCUT2D eigenvalue weighted by Gasteiger charge is 2.50. The summed E-state index contributed by atoms with van der Waals surface area (Å²) in [5.41, 5.74) is 0. The molecule has 0 aliphatic carbocycles. The van der Waals surface area contributed by atoms with Crippen molar-refractivity contribution >= 4 is 24.0 Å². The monoisotopic (exact) mass is 297 g/mol. The van der Waals surface area contributed by atoms with E-state index in [9.17, 15) is 15.0 Å². The Morgan fingerprint density at radius 1 is 1.62 bits per heavy atom. The molecule has 0 aromatic rings. The van der Waals surface area contributed by atoms with Crippen LogP contribution in [-0.2, 0) is 14.3 Å². The van der Waals surface area contributed by atoms with Crippen molar-refractivity contribution in [1.29, 1.82) is 5.41 Å². The minimum Gasteiger partial charge on any atom is -0.394 e. The molecule has 0 radical (unpaired) electrons. The van der Waals surface area contributed by atoms with Crippen LogP contribution < -0.4 is 5.32 Å². The lowest BCUT2D eigenvalue weighted by molar-refractivity contribution is -0.119. The largest absolute Gasteiger partial charge is 0.394 e. The molecule has 1 unspecified atom stereocenters. The number of hydrogen-bond donors (Lipinski definition) is 4. The number of nitrogens with one attached hydrogen (secondary N) is 2. The van der Waals surface area contributed by atoms with Gasteiger partial charge in [0.1, 0.15) is 18.3 Å². The Morgan fingerprint density at radius 2 is 2.38 bits per heavy atom. The number of nitrogens with zero attached hydrogens (tertiary/aromatic N) is 3. The van der Waals surface area contributed by atoms with E-state index in [1.807, 2.05) is 0 Å². The lowest BCUT2D eigenvalue weighted by Crippen LogP contribution is -2.53. The van der Waals surface area contributed by atoms with Gasteiger partial charge in [0, 0.05) is 7.11 Å². The molecule has 3 aliphatic rings. The van der Waals surface area contributed by atoms with E-state index in [0.717, 1.165) is 0 Å². The molecule has 5 atom stereocenters. The summed E-state index contributed by atoms with van der Waals surface area (Å²) in [6.45, 7) is -0.316. The first kappa shape index (κ1) is 14.1. The van der Waals surface area contributed by atoms with E-state index >= 15 is 0 Å². The minimum atomic E-state index is -1.06. The number of guanidine groups is 1. The number of hydrogen-bond acceptors (Lipinski definition) is 8. The highest BCUT2D eigenvalue weighted by molar-refractivity contribution is 6.23. The summed E-state index contributed by atoms with van der Waals surface area (Å²) in [7, 11) is 1.41. The summed E-state index contributed by atoms with van der Waals surface area (Å²) in [4.78, 5) is 21.1. The van der Waals surface area contributed by atoms with Gasteiger partial charge in [0.05, 0.1) is 12.9 Å². The Labute approximate surface area is 119 Å². The van der Waals surface area contributed by atoms with Gasteiger partial charge in [-0.15, -0.1) is 0 Å². The van der Waals surface area contributed by atoms with Crippen LogP contribution in [0.3, 0.4) is 0 Å². The van der Waals surface area contributed by atoms with Gasteiger partial charge in [-0.3, -0.25) is 25.4 Å². The Kier molecular flexibility index (Phi) is 3.45. The number of carbonyl (C=O) groups is 1. The van der Waals surface area contributed by atoms with Gasteiger partial charge in [0.2, 0.25) is 5.96 Å². The van der Waals surface area contributed by atoms with E-state index in [-0.39, 0.29) is 18.4 Å². The summed E-state index contributed by atoms with van der Waals surface area (Å²) in [5, 5.41) is 29.2. The maximum Gasteiger partial charge on any atom is 0.259 e. The topological polar surface area (TPSA) is 140 Å². The summed E-state index contributed by atoms with van der Waals surface area (Å²) in [6.07, 6.45) is -2.01. The summed E-state index contributed by atoms with van der Waals surface area (Å²) < 4.78 is 10.7. The van der Waals surface area contributed by atoms with E-state index in [1.54, 1.807) is 0 Å². The number of methoxy groups -OCH3 is 1. The van der Waals surface area contributed by atoms with Crippen LogP contribution in [0.25, 0.3) is 0 Å². The zero-order valence-corrected chi connectivity index (χ0v) is 11.1. The van der Waals surface area contributed by atoms with Gasteiger partial charge in [-0.25, -0.2) is 0 Å². The first-order valence-electron chi connectivity index (χ1n) is 6.33. The third kappa shape index (κ3) is 2.12. The lowest BCUT2D eigenvalue weighted by atomic mass is 10.1. The number of fused-ring (bicyclic) bond motifs is 1. The fourth-order valence-electron chi connectivity index (χ4n) is 2.62. The molecule has 0 bridgehead atoms. The normalized spacial score (nSPS) is 38.5. The second-order valence-corrected chi connectivity index (χ2v) is 4.82. The van der Waals surface area contributed by atoms with Gasteiger partial charge in [0.25, 0.3) is 5.91 Å². The molecular formula is C11H15N5O5. The average molecular weight is 297 g/mol. The van der Waals surface area contributed by atoms with Crippen LogP contribution in [-0.4, -0.2) is 83.5 Å². The molecule has 1 saturated heterocycles. The fourth-order valence-corrected chi connectivity index (χ4v) is 2.62. The van der Waals surface area contributed by atoms with Crippen molar-refractivity contribution in [2.75, 3.05) is 13.7 Å². The zero-order valence-electron chi connectivity index (χ0n) is 11.1. The second-order valence-electron chi connectivity index (χ2n) is 4.82. The van der Waals surface area contributed by atoms with Crippen molar-refractivity contribution in [2.45, 2.75) is 30.6 Å². The second kappa shape index (κ2) is 5.15. The molecule has 0 saturated carbocycles. The van der Waals surface area contributed by atoms with E-state index in [1.165, 1.54) is 18.3 Å². The molecule has 3 aliphatic heterocycles. The Hall–Kier alpha value is -1.88. The number of aliphatic hydroxyl groups excluding tert-OH is 2. The number of amidine groups is 1. The van der Waals surface area contributed by atoms with E-state index in [4.69, 9.17) is 14.9 Å². The van der Waals surface area contributed by atoms with Crippen LogP contribution in [0.4, 0.5) is 0 Å². The number of aliphatic imine (C=N–C) groups is 2. The number of amides is 1. The Bertz CT molecular complexity index is 535. The molecule has 3 heterocycles. The zero-order chi connectivity index (χ0) is 15.1. The maximum atomic E-state index is 11.7. The van der Waals surface area contributed by atoms with Gasteiger partial charge >= 0.3 is 0 Å². The van der Waals surface area contributed by atoms with Gasteiger partial charge in [-0.1, -0.05) is 0 Å². The Morgan fingerprint density at radius 3 is 3.00 bits per heavy atom. The molecule has 21 heavy (non-hydrogen) atoms. The van der Waals surface area contributed by atoms with Crippen LogP contribution in [0.1, 0.15) is 0 Å². The van der Waals surface area contributed by atoms with Crippen molar-refractivity contribution in [2.24, 2.45) is 9.98 Å². The van der Waals surface area contributed by atoms with Crippen molar-refractivity contribution in [3.63, 3.8) is 0 Å². The smallest absolute Gasteiger partial charge is 0.259 e. The molecule has 4 N–H and O–H groups in total. The summed E-state index contributed by atoms with van der Waals surface area (Å²) in [5.74, 6) is -0.546. The lowest BCUT2D eigenvalue weighted by Gasteiger charge is -2.28. The predicted octanol–water partition coefficient (Wildman–Crippen LogP) is -2.74. The molecule has 0 aromatic carbocycles. The van der Waals surface area contributed by atoms with E-state index in [2.05, 4.69) is 15.3 Å².